The van der Waals surface area contributed by atoms with E-state index < -0.39 is 22.3 Å². The zero-order chi connectivity index (χ0) is 14.0. The Kier molecular flexibility index (Phi) is 3.81. The third kappa shape index (κ3) is 2.74. The number of hydrogen-bond acceptors (Lipinski definition) is 7. The summed E-state index contributed by atoms with van der Waals surface area (Å²) in [5.74, 6) is -0.803. The molecule has 0 aliphatic carbocycles. The molecule has 19 heavy (non-hydrogen) atoms. The highest BCUT2D eigenvalue weighted by atomic mass is 32.2. The highest BCUT2D eigenvalue weighted by Crippen LogP contribution is 2.30. The number of aryl methyl sites for hydroxylation is 1. The van der Waals surface area contributed by atoms with E-state index in [-0.39, 0.29) is 9.77 Å². The minimum absolute atomic E-state index is 0.119. The van der Waals surface area contributed by atoms with Gasteiger partial charge in [-0.1, -0.05) is 4.40 Å². The van der Waals surface area contributed by atoms with Gasteiger partial charge in [-0.05, 0) is 17.9 Å². The number of sulfonamides is 1. The normalized spacial score (nSPS) is 18.3. The second-order valence-corrected chi connectivity index (χ2v) is 6.15. The minimum Gasteiger partial charge on any atom is -0.431 e. The van der Waals surface area contributed by atoms with E-state index in [1.807, 2.05) is 0 Å². The molecule has 0 spiro atoms. The van der Waals surface area contributed by atoms with Crippen LogP contribution in [0.3, 0.4) is 0 Å². The van der Waals surface area contributed by atoms with Crippen LogP contribution in [-0.4, -0.2) is 33.4 Å². The summed E-state index contributed by atoms with van der Waals surface area (Å²) < 4.78 is 36.1. The number of nitrogens with zero attached hydrogens (tertiary/aromatic N) is 1. The monoisotopic (exact) mass is 303 g/mol. The lowest BCUT2D eigenvalue weighted by Gasteiger charge is -2.25. The zero-order valence-electron chi connectivity index (χ0n) is 9.78. The summed E-state index contributed by atoms with van der Waals surface area (Å²) in [6.45, 7) is 2.00. The molecule has 2 rings (SSSR count). The lowest BCUT2D eigenvalue weighted by atomic mass is 10.3. The van der Waals surface area contributed by atoms with E-state index in [2.05, 4.69) is 4.40 Å². The molecule has 1 aliphatic heterocycles. The molecule has 0 saturated carbocycles. The largest absolute Gasteiger partial charge is 0.431 e. The van der Waals surface area contributed by atoms with Gasteiger partial charge in [0.15, 0.2) is 0 Å². The lowest BCUT2D eigenvalue weighted by molar-refractivity contribution is -0.184. The van der Waals surface area contributed by atoms with Crippen molar-refractivity contribution in [1.82, 2.24) is 0 Å². The molecule has 1 atom stereocenters. The first-order chi connectivity index (χ1) is 8.95. The average Bonchev–Trinajstić information content (AvgIpc) is 2.66. The quantitative estimate of drug-likeness (QED) is 0.467. The lowest BCUT2D eigenvalue weighted by Crippen LogP contribution is -2.32. The molecule has 1 saturated heterocycles. The van der Waals surface area contributed by atoms with E-state index >= 15 is 0 Å². The van der Waals surface area contributed by atoms with E-state index in [0.717, 1.165) is 17.4 Å². The molecule has 0 N–H and O–H groups in total. The van der Waals surface area contributed by atoms with E-state index in [4.69, 9.17) is 9.47 Å². The molecule has 0 bridgehead atoms. The molecule has 1 fully saturated rings. The number of thiophene rings is 1. The Balaban J connectivity index is 2.36. The van der Waals surface area contributed by atoms with Gasteiger partial charge in [0, 0.05) is 6.42 Å². The highest BCUT2D eigenvalue weighted by molar-refractivity contribution is 7.90. The Bertz CT molecular complexity index is 652. The molecule has 0 aromatic carbocycles. The highest BCUT2D eigenvalue weighted by Gasteiger charge is 2.30. The number of carbonyl (C=O) groups excluding carboxylic acids is 2. The Morgan fingerprint density at radius 2 is 2.32 bits per heavy atom. The smallest absolute Gasteiger partial charge is 0.352 e. The van der Waals surface area contributed by atoms with Crippen LogP contribution in [-0.2, 0) is 24.3 Å². The van der Waals surface area contributed by atoms with Crippen LogP contribution in [0, 0.1) is 6.92 Å². The summed E-state index contributed by atoms with van der Waals surface area (Å²) >= 11 is 0.914. The number of carbonyl (C=O) groups is 1. The van der Waals surface area contributed by atoms with Crippen LogP contribution < -0.4 is 0 Å². The van der Waals surface area contributed by atoms with E-state index in [1.54, 1.807) is 0 Å². The summed E-state index contributed by atoms with van der Waals surface area (Å²) in [6, 6.07) is 0. The summed E-state index contributed by atoms with van der Waals surface area (Å²) in [5.41, 5.74) is 0.325. The van der Waals surface area contributed by atoms with Crippen molar-refractivity contribution in [3.8, 4) is 0 Å². The third-order valence-corrected chi connectivity index (χ3v) is 4.98. The summed E-state index contributed by atoms with van der Waals surface area (Å²) in [7, 11) is -4.23. The van der Waals surface area contributed by atoms with Crippen molar-refractivity contribution in [2.75, 3.05) is 6.61 Å². The van der Waals surface area contributed by atoms with Gasteiger partial charge in [-0.3, -0.25) is 0 Å². The summed E-state index contributed by atoms with van der Waals surface area (Å²) in [4.78, 5) is 21.5. The van der Waals surface area contributed by atoms with Crippen molar-refractivity contribution >= 4 is 33.4 Å². The molecule has 1 aromatic rings. The Hall–Kier alpha value is -1.54. The van der Waals surface area contributed by atoms with Crippen molar-refractivity contribution in [2.24, 2.45) is 4.40 Å². The van der Waals surface area contributed by atoms with Gasteiger partial charge in [0.1, 0.15) is 9.77 Å². The fourth-order valence-corrected chi connectivity index (χ4v) is 3.80. The van der Waals surface area contributed by atoms with Gasteiger partial charge in [-0.25, -0.2) is 9.59 Å². The molecule has 2 heterocycles. The number of esters is 1. The SMILES string of the molecule is Cc1csc(C(=O)OC2CCO2)c1S(=O)(=O)N=C=O. The van der Waals surface area contributed by atoms with Crippen molar-refractivity contribution in [3.63, 3.8) is 0 Å². The first-order valence-electron chi connectivity index (χ1n) is 5.20. The van der Waals surface area contributed by atoms with Gasteiger partial charge in [-0.2, -0.15) is 8.42 Å². The van der Waals surface area contributed by atoms with Gasteiger partial charge >= 0.3 is 5.97 Å². The van der Waals surface area contributed by atoms with Crippen LogP contribution >= 0.6 is 11.3 Å². The maximum atomic E-state index is 11.8. The Morgan fingerprint density at radius 3 is 2.84 bits per heavy atom. The number of hydrogen-bond donors (Lipinski definition) is 0. The zero-order valence-corrected chi connectivity index (χ0v) is 11.4. The molecule has 102 valence electrons. The van der Waals surface area contributed by atoms with E-state index in [1.165, 1.54) is 12.3 Å². The van der Waals surface area contributed by atoms with Crippen molar-refractivity contribution in [3.05, 3.63) is 15.8 Å². The van der Waals surface area contributed by atoms with Crippen LogP contribution in [0.1, 0.15) is 21.7 Å². The standard InChI is InChI=1S/C10H9NO6S2/c1-6-4-18-8(9(6)19(14,15)11-5-12)10(13)17-7-2-3-16-7/h4,7H,2-3H2,1H3. The van der Waals surface area contributed by atoms with Gasteiger partial charge < -0.3 is 9.47 Å². The summed E-state index contributed by atoms with van der Waals surface area (Å²) in [6.07, 6.45) is 0.903. The topological polar surface area (TPSA) is 99.1 Å². The molecule has 0 radical (unpaired) electrons. The van der Waals surface area contributed by atoms with Crippen molar-refractivity contribution in [2.45, 2.75) is 24.5 Å². The number of isocyanates is 1. The maximum Gasteiger partial charge on any atom is 0.352 e. The molecular weight excluding hydrogens is 294 g/mol. The molecule has 0 amide bonds. The molecular formula is C10H9NO6S2. The maximum absolute atomic E-state index is 11.8. The molecule has 1 aliphatic rings. The fraction of sp³-hybridized carbons (Fsp3) is 0.400. The number of ether oxygens (including phenoxy) is 2. The third-order valence-electron chi connectivity index (χ3n) is 2.41. The predicted octanol–water partition coefficient (Wildman–Crippen LogP) is 0.984. The minimum atomic E-state index is -4.23. The van der Waals surface area contributed by atoms with Crippen molar-refractivity contribution < 1.29 is 27.5 Å². The van der Waals surface area contributed by atoms with Gasteiger partial charge in [0.25, 0.3) is 16.1 Å². The van der Waals surface area contributed by atoms with Crippen LogP contribution in [0.4, 0.5) is 0 Å². The first-order valence-corrected chi connectivity index (χ1v) is 7.52. The number of rotatable bonds is 4. The predicted molar refractivity (Wildman–Crippen MR) is 64.1 cm³/mol. The molecule has 7 nitrogen and oxygen atoms in total. The Morgan fingerprint density at radius 1 is 1.63 bits per heavy atom. The molecule has 1 aromatic heterocycles. The van der Waals surface area contributed by atoms with Gasteiger partial charge in [0.2, 0.25) is 6.29 Å². The van der Waals surface area contributed by atoms with Gasteiger partial charge in [-0.15, -0.1) is 11.3 Å². The van der Waals surface area contributed by atoms with E-state index in [0.29, 0.717) is 18.6 Å². The fourth-order valence-electron chi connectivity index (χ4n) is 1.47. The van der Waals surface area contributed by atoms with Crippen LogP contribution in [0.2, 0.25) is 0 Å². The van der Waals surface area contributed by atoms with Crippen LogP contribution in [0.5, 0.6) is 0 Å². The molecule has 1 unspecified atom stereocenters. The van der Waals surface area contributed by atoms with Crippen molar-refractivity contribution in [1.29, 1.82) is 0 Å². The second kappa shape index (κ2) is 5.22. The van der Waals surface area contributed by atoms with Crippen LogP contribution in [0.25, 0.3) is 0 Å². The Labute approximate surface area is 112 Å². The van der Waals surface area contributed by atoms with Crippen LogP contribution in [0.15, 0.2) is 14.7 Å². The van der Waals surface area contributed by atoms with E-state index in [9.17, 15) is 18.0 Å². The average molecular weight is 303 g/mol. The first kappa shape index (κ1) is 13.9. The van der Waals surface area contributed by atoms with Gasteiger partial charge in [0.05, 0.1) is 6.61 Å². The summed E-state index contributed by atoms with van der Waals surface area (Å²) in [5, 5.41) is 1.48. The second-order valence-electron chi connectivity index (χ2n) is 3.73. The molecule has 9 heteroatoms.